The highest BCUT2D eigenvalue weighted by molar-refractivity contribution is 7.98. The fourth-order valence-corrected chi connectivity index (χ4v) is 4.26. The van der Waals surface area contributed by atoms with Crippen LogP contribution in [0, 0.1) is 0 Å². The standard InChI is InChI=1S/C26H34N4O5S2/c1-37-13-12-20(24(32)29-21(26(34)35)15-18-10-6-3-7-11-18)28-25(33)22(16-36)30-23(31)19(27)14-17-8-4-2-5-9-17/h2-11,19-22,36H,12-16,27H2,1H3,(H,28,33)(H,29,32)(H,30,31)(H,34,35). The summed E-state index contributed by atoms with van der Waals surface area (Å²) >= 11 is 5.66. The summed E-state index contributed by atoms with van der Waals surface area (Å²) in [7, 11) is 0. The second-order valence-electron chi connectivity index (χ2n) is 8.47. The summed E-state index contributed by atoms with van der Waals surface area (Å²) in [5, 5.41) is 17.4. The molecule has 0 fully saturated rings. The van der Waals surface area contributed by atoms with Crippen LogP contribution < -0.4 is 21.7 Å². The molecule has 4 atom stereocenters. The van der Waals surface area contributed by atoms with Gasteiger partial charge in [0.15, 0.2) is 0 Å². The SMILES string of the molecule is CSCCC(NC(=O)C(CS)NC(=O)C(N)Cc1ccccc1)C(=O)NC(Cc1ccccc1)C(=O)O. The van der Waals surface area contributed by atoms with Crippen LogP contribution in [0.15, 0.2) is 60.7 Å². The largest absolute Gasteiger partial charge is 0.480 e. The third kappa shape index (κ3) is 10.5. The number of carbonyl (C=O) groups excluding carboxylic acids is 3. The predicted octanol–water partition coefficient (Wildman–Crippen LogP) is 1.02. The Balaban J connectivity index is 2.02. The first-order chi connectivity index (χ1) is 17.7. The fraction of sp³-hybridized carbons (Fsp3) is 0.385. The number of carboxylic acid groups (broad SMARTS) is 1. The zero-order chi connectivity index (χ0) is 27.2. The van der Waals surface area contributed by atoms with Gasteiger partial charge in [0, 0.05) is 12.2 Å². The lowest BCUT2D eigenvalue weighted by Crippen LogP contribution is -2.58. The maximum absolute atomic E-state index is 13.0. The van der Waals surface area contributed by atoms with Gasteiger partial charge in [0.1, 0.15) is 18.1 Å². The van der Waals surface area contributed by atoms with Gasteiger partial charge in [0.2, 0.25) is 17.7 Å². The number of amides is 3. The first-order valence-corrected chi connectivity index (χ1v) is 13.8. The Hall–Kier alpha value is -3.02. The van der Waals surface area contributed by atoms with Crippen LogP contribution in [0.1, 0.15) is 17.5 Å². The molecule has 0 bridgehead atoms. The van der Waals surface area contributed by atoms with Crippen LogP contribution in [0.25, 0.3) is 0 Å². The lowest BCUT2D eigenvalue weighted by atomic mass is 10.0. The van der Waals surface area contributed by atoms with Gasteiger partial charge in [-0.05, 0) is 36.0 Å². The van der Waals surface area contributed by atoms with Crippen molar-refractivity contribution < 1.29 is 24.3 Å². The van der Waals surface area contributed by atoms with Crippen molar-refractivity contribution in [3.05, 3.63) is 71.8 Å². The van der Waals surface area contributed by atoms with Crippen LogP contribution in [0.3, 0.4) is 0 Å². The predicted molar refractivity (Wildman–Crippen MR) is 149 cm³/mol. The topological polar surface area (TPSA) is 151 Å². The Morgan fingerprint density at radius 1 is 0.811 bits per heavy atom. The van der Waals surface area contributed by atoms with E-state index in [1.165, 1.54) is 11.8 Å². The van der Waals surface area contributed by atoms with Crippen molar-refractivity contribution in [2.45, 2.75) is 43.4 Å². The summed E-state index contributed by atoms with van der Waals surface area (Å²) in [4.78, 5) is 50.4. The van der Waals surface area contributed by atoms with Gasteiger partial charge < -0.3 is 26.8 Å². The van der Waals surface area contributed by atoms with Crippen molar-refractivity contribution in [3.8, 4) is 0 Å². The van der Waals surface area contributed by atoms with Gasteiger partial charge in [-0.15, -0.1) is 0 Å². The number of nitrogens with one attached hydrogen (secondary N) is 3. The highest BCUT2D eigenvalue weighted by Crippen LogP contribution is 2.07. The van der Waals surface area contributed by atoms with E-state index in [-0.39, 0.29) is 18.6 Å². The number of thioether (sulfide) groups is 1. The van der Waals surface area contributed by atoms with E-state index >= 15 is 0 Å². The summed E-state index contributed by atoms with van der Waals surface area (Å²) < 4.78 is 0. The van der Waals surface area contributed by atoms with E-state index in [4.69, 9.17) is 5.73 Å². The molecule has 0 saturated heterocycles. The quantitative estimate of drug-likeness (QED) is 0.183. The van der Waals surface area contributed by atoms with Gasteiger partial charge in [0.05, 0.1) is 6.04 Å². The van der Waals surface area contributed by atoms with Crippen molar-refractivity contribution in [1.82, 2.24) is 16.0 Å². The molecule has 2 aromatic carbocycles. The minimum Gasteiger partial charge on any atom is -0.480 e. The molecule has 2 rings (SSSR count). The Kier molecular flexibility index (Phi) is 13.0. The average molecular weight is 547 g/mol. The van der Waals surface area contributed by atoms with Gasteiger partial charge in [0.25, 0.3) is 0 Å². The van der Waals surface area contributed by atoms with E-state index in [1.54, 1.807) is 24.3 Å². The van der Waals surface area contributed by atoms with Crippen LogP contribution in [0.5, 0.6) is 0 Å². The van der Waals surface area contributed by atoms with Crippen molar-refractivity contribution in [3.63, 3.8) is 0 Å². The number of carbonyl (C=O) groups is 4. The van der Waals surface area contributed by atoms with Crippen LogP contribution in [0.2, 0.25) is 0 Å². The zero-order valence-corrected chi connectivity index (χ0v) is 22.3. The normalized spacial score (nSPS) is 14.0. The Morgan fingerprint density at radius 2 is 1.30 bits per heavy atom. The molecule has 37 heavy (non-hydrogen) atoms. The number of rotatable bonds is 15. The summed E-state index contributed by atoms with van der Waals surface area (Å²) in [6.45, 7) is 0. The number of hydrogen-bond donors (Lipinski definition) is 6. The maximum atomic E-state index is 13.0. The summed E-state index contributed by atoms with van der Waals surface area (Å²) in [5.41, 5.74) is 7.66. The molecule has 0 aliphatic rings. The highest BCUT2D eigenvalue weighted by atomic mass is 32.2. The first-order valence-electron chi connectivity index (χ1n) is 11.8. The van der Waals surface area contributed by atoms with Crippen LogP contribution in [-0.4, -0.2) is 70.7 Å². The molecule has 0 aliphatic carbocycles. The minimum atomic E-state index is -1.18. The van der Waals surface area contributed by atoms with Gasteiger partial charge >= 0.3 is 5.97 Å². The van der Waals surface area contributed by atoms with E-state index in [9.17, 15) is 24.3 Å². The molecule has 6 N–H and O–H groups in total. The molecule has 2 aromatic rings. The van der Waals surface area contributed by atoms with Crippen LogP contribution in [0.4, 0.5) is 0 Å². The number of nitrogens with two attached hydrogens (primary N) is 1. The van der Waals surface area contributed by atoms with E-state index < -0.39 is 47.9 Å². The molecule has 4 unspecified atom stereocenters. The number of benzene rings is 2. The van der Waals surface area contributed by atoms with E-state index in [2.05, 4.69) is 28.6 Å². The molecule has 3 amide bonds. The van der Waals surface area contributed by atoms with Crippen molar-refractivity contribution in [2.75, 3.05) is 17.8 Å². The third-order valence-corrected chi connectivity index (χ3v) is 6.60. The van der Waals surface area contributed by atoms with Crippen molar-refractivity contribution in [2.24, 2.45) is 5.73 Å². The Labute approximate surface area is 226 Å². The van der Waals surface area contributed by atoms with Gasteiger partial charge in [-0.25, -0.2) is 4.79 Å². The smallest absolute Gasteiger partial charge is 0.326 e. The fourth-order valence-electron chi connectivity index (χ4n) is 3.53. The van der Waals surface area contributed by atoms with Crippen LogP contribution in [-0.2, 0) is 32.0 Å². The molecule has 0 heterocycles. The molecule has 0 spiro atoms. The Morgan fingerprint density at radius 3 is 1.81 bits per heavy atom. The van der Waals surface area contributed by atoms with Gasteiger partial charge in [-0.3, -0.25) is 14.4 Å². The van der Waals surface area contributed by atoms with Crippen molar-refractivity contribution >= 4 is 48.1 Å². The first kappa shape index (κ1) is 30.2. The number of thiol groups is 1. The summed E-state index contributed by atoms with van der Waals surface area (Å²) in [6, 6.07) is 14.1. The molecule has 200 valence electrons. The highest BCUT2D eigenvalue weighted by Gasteiger charge is 2.29. The molecule has 9 nitrogen and oxygen atoms in total. The molecular formula is C26H34N4O5S2. The number of carboxylic acids is 1. The molecule has 0 radical (unpaired) electrons. The van der Waals surface area contributed by atoms with Crippen molar-refractivity contribution in [1.29, 1.82) is 0 Å². The third-order valence-electron chi connectivity index (χ3n) is 5.59. The summed E-state index contributed by atoms with van der Waals surface area (Å²) in [5.74, 6) is -2.38. The summed E-state index contributed by atoms with van der Waals surface area (Å²) in [6.07, 6.45) is 2.53. The van der Waals surface area contributed by atoms with E-state index in [0.29, 0.717) is 12.2 Å². The monoisotopic (exact) mass is 546 g/mol. The molecule has 0 saturated carbocycles. The minimum absolute atomic E-state index is 0.0156. The molecule has 0 aromatic heterocycles. The maximum Gasteiger partial charge on any atom is 0.326 e. The Bertz CT molecular complexity index is 1030. The zero-order valence-electron chi connectivity index (χ0n) is 20.6. The molecular weight excluding hydrogens is 512 g/mol. The second-order valence-corrected chi connectivity index (χ2v) is 9.82. The lowest BCUT2D eigenvalue weighted by molar-refractivity contribution is -0.142. The lowest BCUT2D eigenvalue weighted by Gasteiger charge is -2.24. The van der Waals surface area contributed by atoms with Crippen LogP contribution >= 0.6 is 24.4 Å². The molecule has 11 heteroatoms. The van der Waals surface area contributed by atoms with E-state index in [0.717, 1.165) is 11.1 Å². The van der Waals surface area contributed by atoms with Gasteiger partial charge in [-0.1, -0.05) is 60.7 Å². The second kappa shape index (κ2) is 16.0. The van der Waals surface area contributed by atoms with Gasteiger partial charge in [-0.2, -0.15) is 24.4 Å². The van der Waals surface area contributed by atoms with E-state index in [1.807, 2.05) is 42.7 Å². The average Bonchev–Trinajstić information content (AvgIpc) is 2.89. The molecule has 0 aliphatic heterocycles. The number of hydrogen-bond acceptors (Lipinski definition) is 7. The number of aliphatic carboxylic acids is 1.